The van der Waals surface area contributed by atoms with Crippen molar-refractivity contribution in [2.75, 3.05) is 20.2 Å². The molecule has 0 spiro atoms. The highest BCUT2D eigenvalue weighted by molar-refractivity contribution is 5.92. The Bertz CT molecular complexity index is 1320. The largest absolute Gasteiger partial charge is 0.480 e. The van der Waals surface area contributed by atoms with Crippen LogP contribution in [0.5, 0.6) is 0 Å². The lowest BCUT2D eigenvalue weighted by molar-refractivity contribution is -0.235. The van der Waals surface area contributed by atoms with Crippen LogP contribution in [0, 0.1) is 5.82 Å². The number of carboxylic acid groups (broad SMARTS) is 1. The molecule has 0 aliphatic carbocycles. The third-order valence-corrected chi connectivity index (χ3v) is 6.77. The van der Waals surface area contributed by atoms with E-state index in [9.17, 15) is 34.4 Å². The van der Waals surface area contributed by atoms with Crippen molar-refractivity contribution in [1.29, 1.82) is 0 Å². The maximum atomic E-state index is 13.7. The van der Waals surface area contributed by atoms with Gasteiger partial charge >= 0.3 is 5.97 Å². The van der Waals surface area contributed by atoms with Crippen molar-refractivity contribution in [2.45, 2.75) is 55.9 Å². The smallest absolute Gasteiger partial charge is 0.328 e. The van der Waals surface area contributed by atoms with E-state index >= 15 is 0 Å². The highest BCUT2D eigenvalue weighted by Crippen LogP contribution is 2.32. The Balaban J connectivity index is 1.56. The molecule has 6 atom stereocenters. The average molecular weight is 563 g/mol. The summed E-state index contributed by atoms with van der Waals surface area (Å²) in [5.41, 5.74) is 5.95. The number of hydrogen-bond acceptors (Lipinski definition) is 11. The molecule has 1 aliphatic rings. The zero-order chi connectivity index (χ0) is 29.0. The lowest BCUT2D eigenvalue weighted by Gasteiger charge is -2.44. The molecule has 16 heteroatoms. The number of aliphatic hydroxyl groups is 3. The van der Waals surface area contributed by atoms with Gasteiger partial charge in [0.05, 0.1) is 19.0 Å². The molecule has 6 N–H and O–H groups in total. The molecular weight excluding hydrogens is 531 g/mol. The molecule has 1 aromatic carbocycles. The number of nitrogens with two attached hydrogens (primary N) is 1. The van der Waals surface area contributed by atoms with Crippen LogP contribution in [0.1, 0.15) is 41.8 Å². The molecule has 3 heterocycles. The molecule has 15 nitrogen and oxygen atoms in total. The van der Waals surface area contributed by atoms with Crippen LogP contribution in [0.3, 0.4) is 0 Å². The van der Waals surface area contributed by atoms with Crippen LogP contribution in [-0.2, 0) is 9.53 Å². The molecule has 40 heavy (non-hydrogen) atoms. The maximum absolute atomic E-state index is 13.7. The first-order valence-corrected chi connectivity index (χ1v) is 12.6. The number of hydrogen-bond donors (Lipinski definition) is 5. The number of aliphatic carboxylic acids is 1. The van der Waals surface area contributed by atoms with Crippen LogP contribution >= 0.6 is 0 Å². The van der Waals surface area contributed by atoms with Crippen LogP contribution in [0.4, 0.5) is 4.39 Å². The van der Waals surface area contributed by atoms with Crippen molar-refractivity contribution >= 4 is 11.9 Å². The maximum Gasteiger partial charge on any atom is 0.328 e. The number of aromatic nitrogens is 6. The zero-order valence-corrected chi connectivity index (χ0v) is 21.6. The van der Waals surface area contributed by atoms with Gasteiger partial charge in [-0.05, 0) is 37.9 Å². The number of nitrogens with zero attached hydrogens (tertiary/aromatic N) is 7. The summed E-state index contributed by atoms with van der Waals surface area (Å²) in [5, 5.41) is 57.1. The summed E-state index contributed by atoms with van der Waals surface area (Å²) in [5.74, 6) is -2.39. The fraction of sp³-hybridized carbons (Fsp3) is 0.500. The summed E-state index contributed by atoms with van der Waals surface area (Å²) >= 11 is 0. The third kappa shape index (κ3) is 6.00. The van der Waals surface area contributed by atoms with Gasteiger partial charge in [0.15, 0.2) is 18.0 Å². The van der Waals surface area contributed by atoms with Gasteiger partial charge in [-0.1, -0.05) is 22.6 Å². The van der Waals surface area contributed by atoms with Gasteiger partial charge in [0.2, 0.25) is 0 Å². The number of likely N-dealkylation sites (N-methyl/N-ethyl adjacent to an activating group) is 1. The van der Waals surface area contributed by atoms with E-state index in [0.29, 0.717) is 24.9 Å². The van der Waals surface area contributed by atoms with Crippen LogP contribution in [0.2, 0.25) is 0 Å². The minimum absolute atomic E-state index is 0.208. The summed E-state index contributed by atoms with van der Waals surface area (Å²) in [4.78, 5) is 26.0. The lowest BCUT2D eigenvalue weighted by atomic mass is 9.95. The van der Waals surface area contributed by atoms with E-state index in [1.165, 1.54) is 42.3 Å². The number of aliphatic hydroxyl groups excluding tert-OH is 3. The first-order chi connectivity index (χ1) is 19.2. The van der Waals surface area contributed by atoms with Crippen molar-refractivity contribution in [1.82, 2.24) is 34.9 Å². The molecule has 0 radical (unpaired) electrons. The SMILES string of the molecule is CN(C(=O)c1cn(C(CCCCN)C(=O)O)nn1)[C@@H]1OC(CO)[C@H](O)[C@H](n2cc(-c3cccc(F)c3)nn2)C1O. The van der Waals surface area contributed by atoms with Gasteiger partial charge < -0.3 is 35.8 Å². The molecular formula is C24H31FN8O7. The monoisotopic (exact) mass is 562 g/mol. The number of benzene rings is 1. The number of carboxylic acids is 1. The van der Waals surface area contributed by atoms with Crippen molar-refractivity contribution < 1.29 is 39.1 Å². The number of halogens is 1. The number of unbranched alkanes of at least 4 members (excludes halogenated alkanes) is 1. The quantitative estimate of drug-likeness (QED) is 0.181. The van der Waals surface area contributed by atoms with Crippen LogP contribution < -0.4 is 5.73 Å². The summed E-state index contributed by atoms with van der Waals surface area (Å²) in [7, 11) is 1.31. The summed E-state index contributed by atoms with van der Waals surface area (Å²) in [6, 6.07) is 3.36. The number of carbonyl (C=O) groups is 2. The zero-order valence-electron chi connectivity index (χ0n) is 21.6. The fourth-order valence-electron chi connectivity index (χ4n) is 4.59. The summed E-state index contributed by atoms with van der Waals surface area (Å²) in [6.07, 6.45) is -1.64. The second-order valence-corrected chi connectivity index (χ2v) is 9.45. The van der Waals surface area contributed by atoms with Crippen LogP contribution in [0.25, 0.3) is 11.3 Å². The predicted molar refractivity (Wildman–Crippen MR) is 134 cm³/mol. The summed E-state index contributed by atoms with van der Waals surface area (Å²) in [6.45, 7) is -0.235. The topological polar surface area (TPSA) is 215 Å². The van der Waals surface area contributed by atoms with Crippen LogP contribution in [-0.4, -0.2) is 112 Å². The Hall–Kier alpha value is -3.83. The molecule has 216 valence electrons. The van der Waals surface area contributed by atoms with Gasteiger partial charge in [-0.3, -0.25) is 4.79 Å². The highest BCUT2D eigenvalue weighted by Gasteiger charge is 2.48. The van der Waals surface area contributed by atoms with E-state index in [2.05, 4.69) is 20.6 Å². The van der Waals surface area contributed by atoms with Gasteiger partial charge in [-0.15, -0.1) is 10.2 Å². The van der Waals surface area contributed by atoms with E-state index in [4.69, 9.17) is 10.5 Å². The normalized spacial score (nSPS) is 23.6. The standard InChI is InChI=1S/C24H31FN8O7/c1-31(22(37)16-11-32(29-28-16)17(24(38)39)7-2-3-8-26)23-21(36)19(20(35)18(12-34)40-23)33-10-15(27-30-33)13-5-4-6-14(25)9-13/h4-6,9-11,17-21,23,34-36H,2-3,7-8,12,26H2,1H3,(H,38,39)/t17?,18?,19-,20-,21?,23+/m0/s1. The molecule has 3 unspecified atom stereocenters. The molecule has 1 aliphatic heterocycles. The Labute approximate surface area is 227 Å². The van der Waals surface area contributed by atoms with Gasteiger partial charge in [-0.2, -0.15) is 0 Å². The average Bonchev–Trinajstić information content (AvgIpc) is 3.61. The van der Waals surface area contributed by atoms with E-state index in [0.717, 1.165) is 9.58 Å². The van der Waals surface area contributed by atoms with E-state index in [-0.39, 0.29) is 17.8 Å². The van der Waals surface area contributed by atoms with Crippen molar-refractivity contribution in [3.63, 3.8) is 0 Å². The molecule has 3 aromatic rings. The van der Waals surface area contributed by atoms with E-state index in [1.54, 1.807) is 6.07 Å². The number of rotatable bonds is 11. The molecule has 4 rings (SSSR count). The molecule has 1 amide bonds. The first kappa shape index (κ1) is 29.2. The van der Waals surface area contributed by atoms with Gasteiger partial charge in [0.1, 0.15) is 35.9 Å². The van der Waals surface area contributed by atoms with Crippen molar-refractivity contribution in [2.24, 2.45) is 5.73 Å². The van der Waals surface area contributed by atoms with Crippen LogP contribution in [0.15, 0.2) is 36.7 Å². The van der Waals surface area contributed by atoms with Gasteiger partial charge in [0.25, 0.3) is 5.91 Å². The second-order valence-electron chi connectivity index (χ2n) is 9.45. The van der Waals surface area contributed by atoms with E-state index in [1.807, 2.05) is 0 Å². The molecule has 0 bridgehead atoms. The minimum atomic E-state index is -1.56. The molecule has 1 saturated heterocycles. The number of carbonyl (C=O) groups excluding carboxylic acids is 1. The Morgan fingerprint density at radius 1 is 1.18 bits per heavy atom. The molecule has 0 saturated carbocycles. The number of amides is 1. The second kappa shape index (κ2) is 12.6. The fourth-order valence-corrected chi connectivity index (χ4v) is 4.59. The van der Waals surface area contributed by atoms with Gasteiger partial charge in [0, 0.05) is 12.6 Å². The lowest BCUT2D eigenvalue weighted by Crippen LogP contribution is -2.61. The minimum Gasteiger partial charge on any atom is -0.480 e. The van der Waals surface area contributed by atoms with Gasteiger partial charge in [-0.25, -0.2) is 18.5 Å². The summed E-state index contributed by atoms with van der Waals surface area (Å²) < 4.78 is 21.6. The van der Waals surface area contributed by atoms with Crippen molar-refractivity contribution in [3.05, 3.63) is 48.2 Å². The predicted octanol–water partition coefficient (Wildman–Crippen LogP) is -0.817. The number of ether oxygens (including phenoxy) is 1. The molecule has 2 aromatic heterocycles. The third-order valence-electron chi connectivity index (χ3n) is 6.77. The van der Waals surface area contributed by atoms with E-state index < -0.39 is 60.9 Å². The first-order valence-electron chi connectivity index (χ1n) is 12.6. The Morgan fingerprint density at radius 3 is 2.62 bits per heavy atom. The Kier molecular flexibility index (Phi) is 9.16. The van der Waals surface area contributed by atoms with Crippen molar-refractivity contribution in [3.8, 4) is 11.3 Å². The highest BCUT2D eigenvalue weighted by atomic mass is 19.1. The molecule has 1 fully saturated rings. The Morgan fingerprint density at radius 2 is 1.95 bits per heavy atom.